The minimum absolute atomic E-state index is 0.500. The van der Waals surface area contributed by atoms with Crippen molar-refractivity contribution in [1.82, 2.24) is 10.2 Å². The highest BCUT2D eigenvalue weighted by molar-refractivity contribution is 7.83. The number of nitrogens with one attached hydrogen (secondary N) is 1. The molecule has 5 heteroatoms. The number of aromatic nitrogens is 2. The Kier molecular flexibility index (Phi) is 4.31. The second-order valence-corrected chi connectivity index (χ2v) is 7.98. The summed E-state index contributed by atoms with van der Waals surface area (Å²) >= 11 is 0. The number of rotatable bonds is 5. The van der Waals surface area contributed by atoms with Crippen LogP contribution in [0.3, 0.4) is 0 Å². The molecule has 1 fully saturated rings. The third-order valence-electron chi connectivity index (χ3n) is 4.96. The summed E-state index contributed by atoms with van der Waals surface area (Å²) in [7, 11) is -0.942. The molecule has 0 amide bonds. The molecule has 0 spiro atoms. The van der Waals surface area contributed by atoms with Crippen molar-refractivity contribution in [2.45, 2.75) is 49.7 Å². The molecule has 0 saturated heterocycles. The van der Waals surface area contributed by atoms with Crippen molar-refractivity contribution in [2.75, 3.05) is 6.61 Å². The molecule has 1 unspecified atom stereocenters. The van der Waals surface area contributed by atoms with Crippen molar-refractivity contribution in [2.24, 2.45) is 0 Å². The summed E-state index contributed by atoms with van der Waals surface area (Å²) in [6, 6.07) is 8.69. The maximum Gasteiger partial charge on any atom is 0.0805 e. The van der Waals surface area contributed by atoms with Crippen molar-refractivity contribution in [1.29, 1.82) is 0 Å². The lowest BCUT2D eigenvalue weighted by atomic mass is 9.80. The molecule has 0 radical (unpaired) electrons. The largest absolute Gasteiger partial charge is 0.376 e. The molecule has 122 valence electrons. The lowest BCUT2D eigenvalue weighted by Crippen LogP contribution is -2.11. The number of fused-ring (bicyclic) bond motifs is 1. The van der Waals surface area contributed by atoms with Gasteiger partial charge in [-0.15, -0.1) is 0 Å². The van der Waals surface area contributed by atoms with E-state index in [1.807, 2.05) is 0 Å². The molecule has 1 atom stereocenters. The van der Waals surface area contributed by atoms with Gasteiger partial charge in [0.25, 0.3) is 0 Å². The molecule has 1 aliphatic carbocycles. The van der Waals surface area contributed by atoms with Crippen LogP contribution in [0.5, 0.6) is 0 Å². The Morgan fingerprint density at radius 3 is 2.78 bits per heavy atom. The van der Waals surface area contributed by atoms with Gasteiger partial charge in [-0.05, 0) is 29.9 Å². The predicted octanol–water partition coefficient (Wildman–Crippen LogP) is 3.20. The van der Waals surface area contributed by atoms with Crippen LogP contribution in [0.15, 0.2) is 24.3 Å². The Labute approximate surface area is 139 Å². The van der Waals surface area contributed by atoms with Crippen LogP contribution in [-0.2, 0) is 40.1 Å². The third kappa shape index (κ3) is 3.26. The standard InChI is InChI=1S/C18H22N2O2S/c21-23(12-18-16-10-22-9-8-17(16)19-20-18)11-13-4-6-15(7-5-13)14-2-1-3-14/h4-7,14H,1-3,8-12H2,(H,19,20). The van der Waals surface area contributed by atoms with Crippen LogP contribution in [0.25, 0.3) is 0 Å². The number of benzene rings is 1. The monoisotopic (exact) mass is 330 g/mol. The lowest BCUT2D eigenvalue weighted by Gasteiger charge is -2.25. The Bertz CT molecular complexity index is 704. The van der Waals surface area contributed by atoms with Gasteiger partial charge in [0.2, 0.25) is 0 Å². The summed E-state index contributed by atoms with van der Waals surface area (Å²) in [6.07, 6.45) is 4.86. The smallest absolute Gasteiger partial charge is 0.0805 e. The van der Waals surface area contributed by atoms with Crippen molar-refractivity contribution in [3.8, 4) is 0 Å². The van der Waals surface area contributed by atoms with Crippen LogP contribution >= 0.6 is 0 Å². The Hall–Kier alpha value is -1.46. The number of H-pyrrole nitrogens is 1. The van der Waals surface area contributed by atoms with E-state index < -0.39 is 10.8 Å². The van der Waals surface area contributed by atoms with E-state index in [0.717, 1.165) is 41.5 Å². The van der Waals surface area contributed by atoms with Crippen LogP contribution in [0.2, 0.25) is 0 Å². The highest BCUT2D eigenvalue weighted by atomic mass is 32.2. The fourth-order valence-corrected chi connectivity index (χ4v) is 4.52. The van der Waals surface area contributed by atoms with Crippen molar-refractivity contribution in [3.05, 3.63) is 52.3 Å². The molecular weight excluding hydrogens is 308 g/mol. The third-order valence-corrected chi connectivity index (χ3v) is 6.21. The number of nitrogens with zero attached hydrogens (tertiary/aromatic N) is 1. The fourth-order valence-electron chi connectivity index (χ4n) is 3.31. The quantitative estimate of drug-likeness (QED) is 0.916. The van der Waals surface area contributed by atoms with Crippen LogP contribution in [0.4, 0.5) is 0 Å². The first-order chi connectivity index (χ1) is 11.3. The zero-order valence-electron chi connectivity index (χ0n) is 13.2. The summed E-state index contributed by atoms with van der Waals surface area (Å²) in [6.45, 7) is 1.33. The number of ether oxygens (including phenoxy) is 1. The molecule has 1 N–H and O–H groups in total. The zero-order chi connectivity index (χ0) is 15.6. The van der Waals surface area contributed by atoms with E-state index in [1.165, 1.54) is 24.8 Å². The van der Waals surface area contributed by atoms with Gasteiger partial charge in [0.05, 0.1) is 24.7 Å². The molecule has 2 heterocycles. The van der Waals surface area contributed by atoms with Crippen molar-refractivity contribution >= 4 is 10.8 Å². The van der Waals surface area contributed by atoms with Crippen LogP contribution in [-0.4, -0.2) is 21.0 Å². The number of hydrogen-bond donors (Lipinski definition) is 1. The van der Waals surface area contributed by atoms with Crippen LogP contribution in [0.1, 0.15) is 53.3 Å². The first-order valence-electron chi connectivity index (χ1n) is 8.36. The van der Waals surface area contributed by atoms with Gasteiger partial charge >= 0.3 is 0 Å². The molecule has 1 aromatic carbocycles. The molecule has 2 aromatic rings. The summed E-state index contributed by atoms with van der Waals surface area (Å²) in [4.78, 5) is 0. The van der Waals surface area contributed by atoms with Gasteiger partial charge in [-0.2, -0.15) is 5.10 Å². The maximum atomic E-state index is 12.5. The second kappa shape index (κ2) is 6.57. The van der Waals surface area contributed by atoms with E-state index >= 15 is 0 Å². The van der Waals surface area contributed by atoms with E-state index in [1.54, 1.807) is 0 Å². The molecule has 1 aromatic heterocycles. The summed E-state index contributed by atoms with van der Waals surface area (Å²) in [5, 5.41) is 7.40. The molecular formula is C18H22N2O2S. The van der Waals surface area contributed by atoms with Gasteiger partial charge in [0.15, 0.2) is 0 Å². The molecule has 1 saturated carbocycles. The number of hydrogen-bond acceptors (Lipinski definition) is 3. The Balaban J connectivity index is 1.39. The predicted molar refractivity (Wildman–Crippen MR) is 90.5 cm³/mol. The fraction of sp³-hybridized carbons (Fsp3) is 0.500. The second-order valence-electron chi connectivity index (χ2n) is 6.53. The molecule has 4 rings (SSSR count). The first kappa shape index (κ1) is 15.1. The van der Waals surface area contributed by atoms with Crippen molar-refractivity contribution in [3.63, 3.8) is 0 Å². The molecule has 2 aliphatic rings. The van der Waals surface area contributed by atoms with Gasteiger partial charge in [0, 0.05) is 34.2 Å². The number of aromatic amines is 1. The Morgan fingerprint density at radius 1 is 1.22 bits per heavy atom. The van der Waals surface area contributed by atoms with E-state index in [4.69, 9.17) is 4.74 Å². The maximum absolute atomic E-state index is 12.5. The Morgan fingerprint density at radius 2 is 2.04 bits per heavy atom. The minimum atomic E-state index is -0.942. The van der Waals surface area contributed by atoms with Crippen LogP contribution in [0, 0.1) is 0 Å². The van der Waals surface area contributed by atoms with E-state index in [2.05, 4.69) is 34.5 Å². The molecule has 4 nitrogen and oxygen atoms in total. The van der Waals surface area contributed by atoms with Gasteiger partial charge in [0.1, 0.15) is 0 Å². The first-order valence-corrected chi connectivity index (χ1v) is 9.85. The van der Waals surface area contributed by atoms with Gasteiger partial charge < -0.3 is 4.74 Å². The average molecular weight is 330 g/mol. The van der Waals surface area contributed by atoms with Gasteiger partial charge in [-0.25, -0.2) is 0 Å². The molecule has 1 aliphatic heterocycles. The topological polar surface area (TPSA) is 55.0 Å². The summed E-state index contributed by atoms with van der Waals surface area (Å²) < 4.78 is 18.0. The van der Waals surface area contributed by atoms with Crippen molar-refractivity contribution < 1.29 is 8.95 Å². The van der Waals surface area contributed by atoms with E-state index in [9.17, 15) is 4.21 Å². The highest BCUT2D eigenvalue weighted by Gasteiger charge is 2.20. The van der Waals surface area contributed by atoms with Crippen LogP contribution < -0.4 is 0 Å². The summed E-state index contributed by atoms with van der Waals surface area (Å²) in [5.41, 5.74) is 5.75. The normalized spacial score (nSPS) is 19.1. The molecule has 23 heavy (non-hydrogen) atoms. The minimum Gasteiger partial charge on any atom is -0.376 e. The van der Waals surface area contributed by atoms with Gasteiger partial charge in [-0.3, -0.25) is 9.31 Å². The molecule has 0 bridgehead atoms. The van der Waals surface area contributed by atoms with E-state index in [0.29, 0.717) is 18.1 Å². The highest BCUT2D eigenvalue weighted by Crippen LogP contribution is 2.36. The summed E-state index contributed by atoms with van der Waals surface area (Å²) in [5.74, 6) is 1.85. The average Bonchev–Trinajstić information content (AvgIpc) is 2.91. The van der Waals surface area contributed by atoms with Gasteiger partial charge in [-0.1, -0.05) is 30.7 Å². The SMILES string of the molecule is O=S(Cc1ccc(C2CCC2)cc1)Cc1n[nH]c2c1COCC2. The van der Waals surface area contributed by atoms with E-state index in [-0.39, 0.29) is 0 Å². The lowest BCUT2D eigenvalue weighted by molar-refractivity contribution is 0.109. The zero-order valence-corrected chi connectivity index (χ0v) is 14.0.